The van der Waals surface area contributed by atoms with E-state index in [0.29, 0.717) is 0 Å². The monoisotopic (exact) mass is 230 g/mol. The number of rotatable bonds is 5. The third kappa shape index (κ3) is 2.53. The molecule has 2 rings (SSSR count). The van der Waals surface area contributed by atoms with Gasteiger partial charge in [-0.1, -0.05) is 6.92 Å². The summed E-state index contributed by atoms with van der Waals surface area (Å²) in [4.78, 5) is 8.58. The first-order valence-corrected chi connectivity index (χ1v) is 5.97. The smallest absolute Gasteiger partial charge is 0.113 e. The van der Waals surface area contributed by atoms with E-state index in [1.807, 2.05) is 37.9 Å². The minimum absolute atomic E-state index is 0.812. The van der Waals surface area contributed by atoms with E-state index >= 15 is 0 Å². The standard InChI is InChI=1S/C13H18N4/c1-3-4-13-16-7-8-17(13)12-5-6-15-10-11(12)9-14-2/h5-8,10,14H,3-4,9H2,1-2H3. The molecule has 90 valence electrons. The molecule has 0 aromatic carbocycles. The molecule has 0 unspecified atom stereocenters. The third-order valence-corrected chi connectivity index (χ3v) is 2.70. The molecule has 4 nitrogen and oxygen atoms in total. The van der Waals surface area contributed by atoms with Gasteiger partial charge in [0.25, 0.3) is 0 Å². The quantitative estimate of drug-likeness (QED) is 0.853. The highest BCUT2D eigenvalue weighted by atomic mass is 15.1. The molecular weight excluding hydrogens is 212 g/mol. The molecule has 0 saturated carbocycles. The minimum atomic E-state index is 0.812. The predicted molar refractivity (Wildman–Crippen MR) is 68.1 cm³/mol. The highest BCUT2D eigenvalue weighted by Crippen LogP contribution is 2.16. The Morgan fingerprint density at radius 2 is 2.24 bits per heavy atom. The van der Waals surface area contributed by atoms with Gasteiger partial charge in [0.05, 0.1) is 5.69 Å². The maximum absolute atomic E-state index is 4.41. The number of nitrogens with one attached hydrogen (secondary N) is 1. The second-order valence-electron chi connectivity index (χ2n) is 4.00. The highest BCUT2D eigenvalue weighted by molar-refractivity contribution is 5.39. The zero-order valence-corrected chi connectivity index (χ0v) is 10.3. The Morgan fingerprint density at radius 1 is 1.35 bits per heavy atom. The first-order valence-electron chi connectivity index (χ1n) is 5.97. The van der Waals surface area contributed by atoms with Crippen LogP contribution in [0.2, 0.25) is 0 Å². The number of aryl methyl sites for hydroxylation is 1. The van der Waals surface area contributed by atoms with E-state index in [1.54, 1.807) is 0 Å². The van der Waals surface area contributed by atoms with E-state index < -0.39 is 0 Å². The van der Waals surface area contributed by atoms with E-state index in [9.17, 15) is 0 Å². The van der Waals surface area contributed by atoms with Crippen LogP contribution in [0.25, 0.3) is 5.69 Å². The lowest BCUT2D eigenvalue weighted by Gasteiger charge is -2.12. The van der Waals surface area contributed by atoms with E-state index in [4.69, 9.17) is 0 Å². The van der Waals surface area contributed by atoms with E-state index in [1.165, 1.54) is 5.56 Å². The molecule has 1 N–H and O–H groups in total. The largest absolute Gasteiger partial charge is 0.316 e. The van der Waals surface area contributed by atoms with Crippen LogP contribution in [0.4, 0.5) is 0 Å². The zero-order valence-electron chi connectivity index (χ0n) is 10.3. The van der Waals surface area contributed by atoms with Gasteiger partial charge in [-0.25, -0.2) is 4.98 Å². The molecule has 2 heterocycles. The molecule has 0 atom stereocenters. The van der Waals surface area contributed by atoms with Crippen molar-refractivity contribution in [3.63, 3.8) is 0 Å². The number of aromatic nitrogens is 3. The van der Waals surface area contributed by atoms with Gasteiger partial charge in [-0.05, 0) is 19.5 Å². The normalized spacial score (nSPS) is 10.7. The average Bonchev–Trinajstić information content (AvgIpc) is 2.79. The second-order valence-corrected chi connectivity index (χ2v) is 4.00. The van der Waals surface area contributed by atoms with Crippen LogP contribution < -0.4 is 5.32 Å². The summed E-state index contributed by atoms with van der Waals surface area (Å²) in [5, 5.41) is 3.16. The predicted octanol–water partition coefficient (Wildman–Crippen LogP) is 1.94. The van der Waals surface area contributed by atoms with Crippen LogP contribution >= 0.6 is 0 Å². The molecule has 0 saturated heterocycles. The molecule has 0 aliphatic heterocycles. The van der Waals surface area contributed by atoms with Crippen molar-refractivity contribution >= 4 is 0 Å². The molecule has 0 bridgehead atoms. The summed E-state index contributed by atoms with van der Waals surface area (Å²) in [6, 6.07) is 2.04. The number of imidazole rings is 1. The fourth-order valence-corrected chi connectivity index (χ4v) is 1.94. The van der Waals surface area contributed by atoms with Crippen molar-refractivity contribution in [1.82, 2.24) is 19.9 Å². The summed E-state index contributed by atoms with van der Waals surface area (Å²) in [7, 11) is 1.94. The molecule has 2 aromatic heterocycles. The topological polar surface area (TPSA) is 42.7 Å². The summed E-state index contributed by atoms with van der Waals surface area (Å²) >= 11 is 0. The Bertz CT molecular complexity index is 476. The Labute approximate surface area is 102 Å². The van der Waals surface area contributed by atoms with Crippen molar-refractivity contribution in [3.8, 4) is 5.69 Å². The van der Waals surface area contributed by atoms with Crippen LogP contribution in [0, 0.1) is 0 Å². The molecule has 0 aliphatic rings. The van der Waals surface area contributed by atoms with Crippen LogP contribution in [-0.2, 0) is 13.0 Å². The Kier molecular flexibility index (Phi) is 3.88. The van der Waals surface area contributed by atoms with Gasteiger partial charge in [0.2, 0.25) is 0 Å². The van der Waals surface area contributed by atoms with Crippen LogP contribution in [-0.4, -0.2) is 21.6 Å². The maximum Gasteiger partial charge on any atom is 0.113 e. The van der Waals surface area contributed by atoms with Crippen molar-refractivity contribution < 1.29 is 0 Å². The van der Waals surface area contributed by atoms with Gasteiger partial charge in [-0.2, -0.15) is 0 Å². The Hall–Kier alpha value is -1.68. The summed E-state index contributed by atoms with van der Waals surface area (Å²) in [5.41, 5.74) is 2.35. The lowest BCUT2D eigenvalue weighted by atomic mass is 10.2. The zero-order chi connectivity index (χ0) is 12.1. The average molecular weight is 230 g/mol. The lowest BCUT2D eigenvalue weighted by molar-refractivity contribution is 0.776. The van der Waals surface area contributed by atoms with Gasteiger partial charge in [0.15, 0.2) is 0 Å². The highest BCUT2D eigenvalue weighted by Gasteiger charge is 2.08. The van der Waals surface area contributed by atoms with E-state index in [0.717, 1.165) is 30.9 Å². The molecule has 2 aromatic rings. The fraction of sp³-hybridized carbons (Fsp3) is 0.385. The van der Waals surface area contributed by atoms with Gasteiger partial charge in [0.1, 0.15) is 5.82 Å². The first kappa shape index (κ1) is 11.8. The number of nitrogens with zero attached hydrogens (tertiary/aromatic N) is 3. The SMILES string of the molecule is CCCc1nccn1-c1ccncc1CNC. The number of hydrogen-bond acceptors (Lipinski definition) is 3. The third-order valence-electron chi connectivity index (χ3n) is 2.70. The first-order chi connectivity index (χ1) is 8.36. The molecule has 0 amide bonds. The molecule has 0 fully saturated rings. The lowest BCUT2D eigenvalue weighted by Crippen LogP contribution is -2.10. The molecule has 4 heteroatoms. The van der Waals surface area contributed by atoms with E-state index in [-0.39, 0.29) is 0 Å². The van der Waals surface area contributed by atoms with Gasteiger partial charge in [-0.3, -0.25) is 4.98 Å². The van der Waals surface area contributed by atoms with Crippen molar-refractivity contribution in [2.45, 2.75) is 26.3 Å². The Morgan fingerprint density at radius 3 is 3.00 bits per heavy atom. The summed E-state index contributed by atoms with van der Waals surface area (Å²) < 4.78 is 2.15. The van der Waals surface area contributed by atoms with Crippen molar-refractivity contribution in [3.05, 3.63) is 42.2 Å². The van der Waals surface area contributed by atoms with Gasteiger partial charge < -0.3 is 9.88 Å². The van der Waals surface area contributed by atoms with E-state index in [2.05, 4.69) is 26.8 Å². The van der Waals surface area contributed by atoms with Crippen LogP contribution in [0.15, 0.2) is 30.9 Å². The molecule has 0 aliphatic carbocycles. The number of hydrogen-bond donors (Lipinski definition) is 1. The van der Waals surface area contributed by atoms with Gasteiger partial charge in [0, 0.05) is 43.3 Å². The van der Waals surface area contributed by atoms with Gasteiger partial charge in [-0.15, -0.1) is 0 Å². The Balaban J connectivity index is 2.41. The van der Waals surface area contributed by atoms with Crippen LogP contribution in [0.1, 0.15) is 24.7 Å². The molecule has 17 heavy (non-hydrogen) atoms. The fourth-order valence-electron chi connectivity index (χ4n) is 1.94. The molecular formula is C13H18N4. The van der Waals surface area contributed by atoms with Crippen molar-refractivity contribution in [2.75, 3.05) is 7.05 Å². The van der Waals surface area contributed by atoms with Crippen LogP contribution in [0.5, 0.6) is 0 Å². The van der Waals surface area contributed by atoms with Gasteiger partial charge >= 0.3 is 0 Å². The van der Waals surface area contributed by atoms with Crippen molar-refractivity contribution in [2.24, 2.45) is 0 Å². The summed E-state index contributed by atoms with van der Waals surface area (Å²) in [6.45, 7) is 2.98. The molecule has 0 spiro atoms. The number of pyridine rings is 1. The van der Waals surface area contributed by atoms with Crippen LogP contribution in [0.3, 0.4) is 0 Å². The van der Waals surface area contributed by atoms with Crippen molar-refractivity contribution in [1.29, 1.82) is 0 Å². The molecule has 0 radical (unpaired) electrons. The minimum Gasteiger partial charge on any atom is -0.316 e. The summed E-state index contributed by atoms with van der Waals surface area (Å²) in [6.07, 6.45) is 9.69. The summed E-state index contributed by atoms with van der Waals surface area (Å²) in [5.74, 6) is 1.11. The maximum atomic E-state index is 4.41. The second kappa shape index (κ2) is 5.59.